The van der Waals surface area contributed by atoms with Crippen LogP contribution < -0.4 is 0 Å². The fraction of sp³-hybridized carbons (Fsp3) is 0. The number of hydrogen-bond acceptors (Lipinski definition) is 12. The standard InChI is InChI=1S/C32H16N10O2S2/c1-2-10-22-15(5-1)13-23(45-22)27-24(16-6-3-9-20-29(16)41-44-39-20)25(21-14-34-43-40-21)26(18-11-12-33-36-18)31-30(27)35-32(46-31)17-7-4-8-19-28(17)38-42-37-19/h1-14H,(H,33,36)(H,37,38,42). The summed E-state index contributed by atoms with van der Waals surface area (Å²) in [6.45, 7) is 0. The third-order valence-corrected chi connectivity index (χ3v) is 10.3. The molecule has 10 rings (SSSR count). The molecular weight excluding hydrogens is 621 g/mol. The summed E-state index contributed by atoms with van der Waals surface area (Å²) in [5, 5.41) is 37.9. The van der Waals surface area contributed by atoms with Gasteiger partial charge in [-0.25, -0.2) is 14.2 Å². The van der Waals surface area contributed by atoms with Gasteiger partial charge in [-0.1, -0.05) is 46.8 Å². The molecule has 4 aromatic carbocycles. The van der Waals surface area contributed by atoms with Crippen molar-refractivity contribution < 1.29 is 9.26 Å². The van der Waals surface area contributed by atoms with Crippen molar-refractivity contribution in [3.05, 3.63) is 85.2 Å². The van der Waals surface area contributed by atoms with E-state index in [9.17, 15) is 0 Å². The van der Waals surface area contributed by atoms with Gasteiger partial charge >= 0.3 is 0 Å². The molecule has 0 bridgehead atoms. The molecule has 10 aromatic rings. The van der Waals surface area contributed by atoms with Gasteiger partial charge in [0.05, 0.1) is 27.6 Å². The molecule has 6 heterocycles. The van der Waals surface area contributed by atoms with Gasteiger partial charge in [-0.05, 0) is 57.3 Å². The molecular formula is C32H16N10O2S2. The molecule has 12 nitrogen and oxygen atoms in total. The third kappa shape index (κ3) is 3.65. The Labute approximate surface area is 264 Å². The van der Waals surface area contributed by atoms with Crippen LogP contribution in [0.4, 0.5) is 0 Å². The molecule has 0 unspecified atom stereocenters. The number of fused-ring (bicyclic) bond motifs is 4. The summed E-state index contributed by atoms with van der Waals surface area (Å²) >= 11 is 3.26. The SMILES string of the molecule is c1ccc2sc(-c3c(-c4cccc5nonc45)c(-c4cnon4)c(-c4cc[nH]n4)c4sc(-c5cccc6[nH]nnc56)nc34)cc2c1. The normalized spacial score (nSPS) is 11.9. The van der Waals surface area contributed by atoms with Crippen molar-refractivity contribution in [2.24, 2.45) is 0 Å². The van der Waals surface area contributed by atoms with Crippen molar-refractivity contribution in [2.75, 3.05) is 0 Å². The summed E-state index contributed by atoms with van der Waals surface area (Å²) in [5.41, 5.74) is 9.90. The average molecular weight is 637 g/mol. The van der Waals surface area contributed by atoms with Gasteiger partial charge in [0.25, 0.3) is 0 Å². The molecule has 0 aliphatic heterocycles. The van der Waals surface area contributed by atoms with E-state index in [4.69, 9.17) is 14.2 Å². The lowest BCUT2D eigenvalue weighted by Crippen LogP contribution is -1.97. The van der Waals surface area contributed by atoms with E-state index < -0.39 is 0 Å². The van der Waals surface area contributed by atoms with Gasteiger partial charge < -0.3 is 0 Å². The molecule has 0 spiro atoms. The minimum Gasteiger partial charge on any atom is -0.285 e. The Morgan fingerprint density at radius 3 is 2.52 bits per heavy atom. The van der Waals surface area contributed by atoms with E-state index in [1.807, 2.05) is 54.6 Å². The number of benzene rings is 4. The van der Waals surface area contributed by atoms with Crippen LogP contribution in [0.2, 0.25) is 0 Å². The Hall–Kier alpha value is -6.12. The van der Waals surface area contributed by atoms with Gasteiger partial charge in [0.15, 0.2) is 0 Å². The number of thiophene rings is 1. The predicted molar refractivity (Wildman–Crippen MR) is 175 cm³/mol. The van der Waals surface area contributed by atoms with Crippen LogP contribution in [0.5, 0.6) is 0 Å². The Balaban J connectivity index is 1.45. The molecule has 0 saturated heterocycles. The van der Waals surface area contributed by atoms with Crippen LogP contribution in [-0.4, -0.2) is 51.2 Å². The van der Waals surface area contributed by atoms with E-state index in [-0.39, 0.29) is 0 Å². The number of nitrogens with zero attached hydrogens (tertiary/aromatic N) is 8. The highest BCUT2D eigenvalue weighted by Crippen LogP contribution is 2.54. The zero-order chi connectivity index (χ0) is 30.2. The van der Waals surface area contributed by atoms with Crippen molar-refractivity contribution in [3.8, 4) is 54.7 Å². The number of aromatic amines is 2. The largest absolute Gasteiger partial charge is 0.285 e. The van der Waals surface area contributed by atoms with Crippen LogP contribution in [0, 0.1) is 0 Å². The lowest BCUT2D eigenvalue weighted by atomic mass is 9.86. The summed E-state index contributed by atoms with van der Waals surface area (Å²) in [5.74, 6) is 0. The molecule has 14 heteroatoms. The second kappa shape index (κ2) is 9.69. The van der Waals surface area contributed by atoms with Crippen LogP contribution in [0.25, 0.3) is 97.0 Å². The van der Waals surface area contributed by atoms with E-state index in [1.165, 1.54) is 0 Å². The maximum atomic E-state index is 5.39. The van der Waals surface area contributed by atoms with Gasteiger partial charge in [0.1, 0.15) is 27.3 Å². The van der Waals surface area contributed by atoms with E-state index >= 15 is 0 Å². The number of nitrogens with one attached hydrogen (secondary N) is 2. The monoisotopic (exact) mass is 636 g/mol. The molecule has 0 radical (unpaired) electrons. The minimum absolute atomic E-state index is 0.541. The van der Waals surface area contributed by atoms with Gasteiger partial charge in [-0.2, -0.15) is 5.10 Å². The van der Waals surface area contributed by atoms with Crippen molar-refractivity contribution >= 4 is 65.0 Å². The highest BCUT2D eigenvalue weighted by atomic mass is 32.1. The second-order valence-electron chi connectivity index (χ2n) is 10.5. The highest BCUT2D eigenvalue weighted by molar-refractivity contribution is 7.23. The summed E-state index contributed by atoms with van der Waals surface area (Å²) < 4.78 is 12.5. The predicted octanol–water partition coefficient (Wildman–Crippen LogP) is 7.76. The summed E-state index contributed by atoms with van der Waals surface area (Å²) in [6.07, 6.45) is 3.42. The lowest BCUT2D eigenvalue weighted by molar-refractivity contribution is 0.308. The van der Waals surface area contributed by atoms with E-state index in [0.29, 0.717) is 22.4 Å². The first-order valence-electron chi connectivity index (χ1n) is 14.1. The molecule has 0 amide bonds. The van der Waals surface area contributed by atoms with Crippen LogP contribution >= 0.6 is 22.7 Å². The van der Waals surface area contributed by atoms with Gasteiger partial charge in [-0.15, -0.1) is 27.8 Å². The molecule has 0 aliphatic carbocycles. The number of hydrogen-bond donors (Lipinski definition) is 2. The molecule has 0 atom stereocenters. The van der Waals surface area contributed by atoms with Crippen LogP contribution in [-0.2, 0) is 0 Å². The average Bonchev–Trinajstić information content (AvgIpc) is 3.93. The summed E-state index contributed by atoms with van der Waals surface area (Å²) in [6, 6.07) is 24.2. The van der Waals surface area contributed by atoms with Crippen LogP contribution in [0.15, 0.2) is 94.4 Å². The zero-order valence-electron chi connectivity index (χ0n) is 23.3. The van der Waals surface area contributed by atoms with Gasteiger partial charge in [-0.3, -0.25) is 10.2 Å². The zero-order valence-corrected chi connectivity index (χ0v) is 24.9. The van der Waals surface area contributed by atoms with Crippen molar-refractivity contribution in [3.63, 3.8) is 0 Å². The van der Waals surface area contributed by atoms with Crippen molar-refractivity contribution in [2.45, 2.75) is 0 Å². The highest BCUT2D eigenvalue weighted by Gasteiger charge is 2.31. The topological polar surface area (TPSA) is 161 Å². The van der Waals surface area contributed by atoms with Crippen LogP contribution in [0.1, 0.15) is 0 Å². The Kier molecular flexibility index (Phi) is 5.31. The fourth-order valence-electron chi connectivity index (χ4n) is 6.10. The third-order valence-electron chi connectivity index (χ3n) is 8.03. The first-order valence-corrected chi connectivity index (χ1v) is 15.7. The number of thiazole rings is 1. The number of H-pyrrole nitrogens is 2. The molecule has 218 valence electrons. The summed E-state index contributed by atoms with van der Waals surface area (Å²) in [7, 11) is 0. The second-order valence-corrected chi connectivity index (χ2v) is 12.6. The Morgan fingerprint density at radius 1 is 0.696 bits per heavy atom. The summed E-state index contributed by atoms with van der Waals surface area (Å²) in [4.78, 5) is 6.42. The van der Waals surface area contributed by atoms with Crippen molar-refractivity contribution in [1.82, 2.24) is 51.2 Å². The smallest absolute Gasteiger partial charge is 0.143 e. The Morgan fingerprint density at radius 2 is 1.63 bits per heavy atom. The molecule has 0 fully saturated rings. The van der Waals surface area contributed by atoms with Gasteiger partial charge in [0, 0.05) is 49.2 Å². The van der Waals surface area contributed by atoms with Crippen LogP contribution in [0.3, 0.4) is 0 Å². The molecule has 6 aromatic heterocycles. The van der Waals surface area contributed by atoms with E-state index in [2.05, 4.69) is 64.4 Å². The number of aromatic nitrogens is 10. The molecule has 0 saturated carbocycles. The molecule has 2 N–H and O–H groups in total. The van der Waals surface area contributed by atoms with Gasteiger partial charge in [0.2, 0.25) is 0 Å². The number of rotatable bonds is 5. The minimum atomic E-state index is 0.541. The first kappa shape index (κ1) is 25.2. The van der Waals surface area contributed by atoms with E-state index in [1.54, 1.807) is 35.1 Å². The van der Waals surface area contributed by atoms with Crippen molar-refractivity contribution in [1.29, 1.82) is 0 Å². The maximum Gasteiger partial charge on any atom is 0.143 e. The lowest BCUT2D eigenvalue weighted by Gasteiger charge is -2.18. The quantitative estimate of drug-likeness (QED) is 0.191. The van der Waals surface area contributed by atoms with E-state index in [0.717, 1.165) is 74.6 Å². The fourth-order valence-corrected chi connectivity index (χ4v) is 8.37. The molecule has 46 heavy (non-hydrogen) atoms. The first-order chi connectivity index (χ1) is 22.8. The Bertz CT molecular complexity index is 2690. The molecule has 0 aliphatic rings. The maximum absolute atomic E-state index is 5.39.